The topological polar surface area (TPSA) is 75.3 Å². The quantitative estimate of drug-likeness (QED) is 0.531. The molecule has 1 amide bonds. The normalized spacial score (nSPS) is 14.3. The first-order chi connectivity index (χ1) is 5.33. The average molecular weight is 174 g/mol. The summed E-state index contributed by atoms with van der Waals surface area (Å²) >= 11 is 0. The lowest BCUT2D eigenvalue weighted by atomic mass is 10.0. The molecular formula is C8H18N2O2. The zero-order valence-electron chi connectivity index (χ0n) is 7.92. The highest BCUT2D eigenvalue weighted by atomic mass is 16.3. The highest BCUT2D eigenvalue weighted by Crippen LogP contribution is 2.06. The van der Waals surface area contributed by atoms with Crippen LogP contribution in [0.3, 0.4) is 0 Å². The number of β-amino-alcohol motifs (C(OH)–C–C–N with tert-alkyl or cyclic N) is 1. The van der Waals surface area contributed by atoms with Crippen molar-refractivity contribution in [1.82, 2.24) is 5.32 Å². The molecule has 0 rings (SSSR count). The average Bonchev–Trinajstić information content (AvgIpc) is 1.81. The monoisotopic (exact) mass is 174 g/mol. The molecule has 0 spiro atoms. The zero-order valence-corrected chi connectivity index (χ0v) is 7.92. The highest BCUT2D eigenvalue weighted by molar-refractivity contribution is 5.74. The zero-order chi connectivity index (χ0) is 9.78. The minimum Gasteiger partial charge on any atom is -0.392 e. The van der Waals surface area contributed by atoms with E-state index in [0.717, 1.165) is 0 Å². The van der Waals surface area contributed by atoms with Crippen molar-refractivity contribution in [3.05, 3.63) is 0 Å². The van der Waals surface area contributed by atoms with E-state index in [-0.39, 0.29) is 17.9 Å². The third-order valence-corrected chi connectivity index (χ3v) is 1.49. The van der Waals surface area contributed by atoms with Crippen LogP contribution >= 0.6 is 0 Å². The minimum atomic E-state index is -0.405. The van der Waals surface area contributed by atoms with Crippen LogP contribution in [-0.2, 0) is 4.79 Å². The summed E-state index contributed by atoms with van der Waals surface area (Å²) < 4.78 is 0. The molecule has 12 heavy (non-hydrogen) atoms. The second kappa shape index (κ2) is 4.42. The molecule has 0 aliphatic heterocycles. The van der Waals surface area contributed by atoms with Gasteiger partial charge in [0.15, 0.2) is 0 Å². The molecule has 0 aromatic rings. The standard InChI is InChI=1S/C8H18N2O2/c1-6(11)5-10-8(2,3)4-7(9)12/h6,10-11H,4-5H2,1-3H3,(H2,9,12)/t6-/m0/s1. The van der Waals surface area contributed by atoms with Gasteiger partial charge in [-0.15, -0.1) is 0 Å². The van der Waals surface area contributed by atoms with E-state index in [1.54, 1.807) is 6.92 Å². The lowest BCUT2D eigenvalue weighted by Crippen LogP contribution is -2.45. The van der Waals surface area contributed by atoms with Gasteiger partial charge in [0.2, 0.25) is 5.91 Å². The predicted octanol–water partition coefficient (Wildman–Crippen LogP) is -0.389. The van der Waals surface area contributed by atoms with Crippen LogP contribution in [0.25, 0.3) is 0 Å². The van der Waals surface area contributed by atoms with Gasteiger partial charge in [-0.3, -0.25) is 4.79 Å². The molecule has 1 atom stereocenters. The summed E-state index contributed by atoms with van der Waals surface area (Å²) in [6.45, 7) is 5.91. The molecule has 4 heteroatoms. The van der Waals surface area contributed by atoms with Crippen molar-refractivity contribution in [2.45, 2.75) is 38.8 Å². The van der Waals surface area contributed by atoms with Gasteiger partial charge in [-0.1, -0.05) is 0 Å². The Hall–Kier alpha value is -0.610. The van der Waals surface area contributed by atoms with Crippen LogP contribution in [-0.4, -0.2) is 29.2 Å². The van der Waals surface area contributed by atoms with Gasteiger partial charge in [0, 0.05) is 18.5 Å². The summed E-state index contributed by atoms with van der Waals surface area (Å²) in [6.07, 6.45) is -0.128. The van der Waals surface area contributed by atoms with Crippen molar-refractivity contribution < 1.29 is 9.90 Å². The largest absolute Gasteiger partial charge is 0.392 e. The summed E-state index contributed by atoms with van der Waals surface area (Å²) in [6, 6.07) is 0. The van der Waals surface area contributed by atoms with Gasteiger partial charge in [-0.25, -0.2) is 0 Å². The van der Waals surface area contributed by atoms with Crippen molar-refractivity contribution in [2.75, 3.05) is 6.54 Å². The van der Waals surface area contributed by atoms with Crippen LogP contribution in [0.1, 0.15) is 27.2 Å². The molecule has 0 bridgehead atoms. The molecule has 4 nitrogen and oxygen atoms in total. The Morgan fingerprint density at radius 3 is 2.50 bits per heavy atom. The number of carbonyl (C=O) groups is 1. The maximum atomic E-state index is 10.6. The number of primary amides is 1. The van der Waals surface area contributed by atoms with E-state index in [4.69, 9.17) is 10.8 Å². The number of hydrogen-bond donors (Lipinski definition) is 3. The summed E-state index contributed by atoms with van der Waals surface area (Å²) in [7, 11) is 0. The van der Waals surface area contributed by atoms with E-state index in [1.165, 1.54) is 0 Å². The molecule has 72 valence electrons. The van der Waals surface area contributed by atoms with E-state index < -0.39 is 6.10 Å². The van der Waals surface area contributed by atoms with E-state index in [0.29, 0.717) is 6.54 Å². The number of rotatable bonds is 5. The van der Waals surface area contributed by atoms with E-state index in [2.05, 4.69) is 5.32 Å². The van der Waals surface area contributed by atoms with E-state index in [9.17, 15) is 4.79 Å². The second-order valence-electron chi connectivity index (χ2n) is 3.76. The fourth-order valence-electron chi connectivity index (χ4n) is 0.922. The van der Waals surface area contributed by atoms with Crippen molar-refractivity contribution in [3.8, 4) is 0 Å². The van der Waals surface area contributed by atoms with Crippen LogP contribution < -0.4 is 11.1 Å². The number of nitrogens with one attached hydrogen (secondary N) is 1. The fraction of sp³-hybridized carbons (Fsp3) is 0.875. The molecule has 0 saturated heterocycles. The Balaban J connectivity index is 3.78. The van der Waals surface area contributed by atoms with Gasteiger partial charge >= 0.3 is 0 Å². The molecular weight excluding hydrogens is 156 g/mol. The fourth-order valence-corrected chi connectivity index (χ4v) is 0.922. The summed E-state index contributed by atoms with van der Waals surface area (Å²) in [4.78, 5) is 10.6. The molecule has 0 saturated carbocycles. The third kappa shape index (κ3) is 6.12. The maximum absolute atomic E-state index is 10.6. The molecule has 0 heterocycles. The Morgan fingerprint density at radius 2 is 2.17 bits per heavy atom. The second-order valence-corrected chi connectivity index (χ2v) is 3.76. The number of aliphatic hydroxyl groups is 1. The number of amides is 1. The lowest BCUT2D eigenvalue weighted by molar-refractivity contribution is -0.119. The van der Waals surface area contributed by atoms with E-state index >= 15 is 0 Å². The highest BCUT2D eigenvalue weighted by Gasteiger charge is 2.19. The van der Waals surface area contributed by atoms with Gasteiger partial charge < -0.3 is 16.2 Å². The van der Waals surface area contributed by atoms with Gasteiger partial charge in [0.25, 0.3) is 0 Å². The molecule has 0 aromatic carbocycles. The maximum Gasteiger partial charge on any atom is 0.219 e. The molecule has 0 aliphatic carbocycles. The van der Waals surface area contributed by atoms with Gasteiger partial charge in [0.05, 0.1) is 6.10 Å². The number of nitrogens with two attached hydrogens (primary N) is 1. The Morgan fingerprint density at radius 1 is 1.67 bits per heavy atom. The van der Waals surface area contributed by atoms with Gasteiger partial charge in [0.1, 0.15) is 0 Å². The van der Waals surface area contributed by atoms with Crippen LogP contribution in [0.15, 0.2) is 0 Å². The Bertz CT molecular complexity index is 155. The van der Waals surface area contributed by atoms with Crippen molar-refractivity contribution in [1.29, 1.82) is 0 Å². The molecule has 4 N–H and O–H groups in total. The molecule has 0 aromatic heterocycles. The van der Waals surface area contributed by atoms with Gasteiger partial charge in [-0.05, 0) is 20.8 Å². The van der Waals surface area contributed by atoms with Crippen molar-refractivity contribution in [2.24, 2.45) is 5.73 Å². The molecule has 0 fully saturated rings. The van der Waals surface area contributed by atoms with Gasteiger partial charge in [-0.2, -0.15) is 0 Å². The molecule has 0 aliphatic rings. The first kappa shape index (κ1) is 11.4. The molecule has 0 radical (unpaired) electrons. The van der Waals surface area contributed by atoms with Crippen LogP contribution in [0.5, 0.6) is 0 Å². The Kier molecular flexibility index (Phi) is 4.20. The minimum absolute atomic E-state index is 0.277. The summed E-state index contributed by atoms with van der Waals surface area (Å²) in [5.41, 5.74) is 4.71. The smallest absolute Gasteiger partial charge is 0.219 e. The molecule has 0 unspecified atom stereocenters. The Labute approximate surface area is 73.1 Å². The van der Waals surface area contributed by atoms with Crippen LogP contribution in [0, 0.1) is 0 Å². The summed E-state index contributed by atoms with van der Waals surface area (Å²) in [5.74, 6) is -0.335. The lowest BCUT2D eigenvalue weighted by Gasteiger charge is -2.25. The van der Waals surface area contributed by atoms with Crippen molar-refractivity contribution >= 4 is 5.91 Å². The van der Waals surface area contributed by atoms with Crippen molar-refractivity contribution in [3.63, 3.8) is 0 Å². The SMILES string of the molecule is C[C@H](O)CNC(C)(C)CC(N)=O. The predicted molar refractivity (Wildman–Crippen MR) is 47.6 cm³/mol. The van der Waals surface area contributed by atoms with Crippen LogP contribution in [0.4, 0.5) is 0 Å². The number of hydrogen-bond acceptors (Lipinski definition) is 3. The summed E-state index contributed by atoms with van der Waals surface area (Å²) in [5, 5.41) is 12.0. The van der Waals surface area contributed by atoms with Crippen LogP contribution in [0.2, 0.25) is 0 Å². The first-order valence-corrected chi connectivity index (χ1v) is 4.05. The first-order valence-electron chi connectivity index (χ1n) is 4.05. The van der Waals surface area contributed by atoms with E-state index in [1.807, 2.05) is 13.8 Å². The number of aliphatic hydroxyl groups excluding tert-OH is 1. The third-order valence-electron chi connectivity index (χ3n) is 1.49. The number of carbonyl (C=O) groups excluding carboxylic acids is 1.